The van der Waals surface area contributed by atoms with Crippen LogP contribution < -0.4 is 5.32 Å². The van der Waals surface area contributed by atoms with Crippen LogP contribution in [-0.2, 0) is 20.9 Å². The van der Waals surface area contributed by atoms with E-state index < -0.39 is 12.0 Å². The Hall–Kier alpha value is -3.65. The minimum Gasteiger partial charge on any atom is -0.458 e. The van der Waals surface area contributed by atoms with Crippen LogP contribution in [-0.4, -0.2) is 28.6 Å². The molecular weight excluding hydrogens is 477 g/mol. The number of esters is 1. The van der Waals surface area contributed by atoms with E-state index in [0.717, 1.165) is 28.0 Å². The third-order valence-electron chi connectivity index (χ3n) is 6.02. The van der Waals surface area contributed by atoms with Crippen molar-refractivity contribution >= 4 is 28.8 Å². The highest BCUT2D eigenvalue weighted by Gasteiger charge is 2.41. The highest BCUT2D eigenvalue weighted by atomic mass is 32.2. The van der Waals surface area contributed by atoms with E-state index in [2.05, 4.69) is 23.0 Å². The molecule has 36 heavy (non-hydrogen) atoms. The minimum atomic E-state index is -0.485. The fraction of sp³-hybridized carbons (Fsp3) is 0.250. The normalized spacial score (nSPS) is 16.8. The van der Waals surface area contributed by atoms with Crippen molar-refractivity contribution < 1.29 is 18.7 Å². The molecule has 2 aromatic carbocycles. The number of rotatable bonds is 8. The van der Waals surface area contributed by atoms with Gasteiger partial charge in [-0.1, -0.05) is 60.3 Å². The first-order chi connectivity index (χ1) is 17.3. The van der Waals surface area contributed by atoms with Gasteiger partial charge in [0.05, 0.1) is 23.7 Å². The zero-order chi connectivity index (χ0) is 25.8. The van der Waals surface area contributed by atoms with Gasteiger partial charge >= 0.3 is 5.97 Å². The first-order valence-corrected chi connectivity index (χ1v) is 12.5. The molecule has 0 aromatic heterocycles. The number of nitrogens with zero attached hydrogens (tertiary/aromatic N) is 2. The number of hydrogen-bond acceptors (Lipinski definition) is 6. The second-order valence-electron chi connectivity index (χ2n) is 8.72. The highest BCUT2D eigenvalue weighted by Crippen LogP contribution is 2.45. The number of hydrogen-bond donors (Lipinski definition) is 1. The van der Waals surface area contributed by atoms with Gasteiger partial charge in [-0.05, 0) is 55.0 Å². The molecule has 0 saturated heterocycles. The Morgan fingerprint density at radius 1 is 1.19 bits per heavy atom. The lowest BCUT2D eigenvalue weighted by atomic mass is 9.90. The lowest BCUT2D eigenvalue weighted by molar-refractivity contribution is -0.138. The number of fused-ring (bicyclic) bond motifs is 1. The van der Waals surface area contributed by atoms with E-state index in [1.54, 1.807) is 19.1 Å². The lowest BCUT2D eigenvalue weighted by Gasteiger charge is -2.37. The van der Waals surface area contributed by atoms with E-state index in [9.17, 15) is 14.0 Å². The summed E-state index contributed by atoms with van der Waals surface area (Å²) in [5.74, 6) is -0.968. The van der Waals surface area contributed by atoms with Crippen LogP contribution in [0.15, 0.2) is 82.5 Å². The number of thioether (sulfide) groups is 1. The maximum Gasteiger partial charge on any atom is 0.338 e. The zero-order valence-electron chi connectivity index (χ0n) is 20.5. The number of benzene rings is 2. The Kier molecular flexibility index (Phi) is 7.74. The third-order valence-corrected chi connectivity index (χ3v) is 6.91. The van der Waals surface area contributed by atoms with Gasteiger partial charge in [-0.15, -0.1) is 0 Å². The summed E-state index contributed by atoms with van der Waals surface area (Å²) in [5, 5.41) is 5.50. The van der Waals surface area contributed by atoms with Crippen molar-refractivity contribution in [3.8, 4) is 0 Å². The van der Waals surface area contributed by atoms with Crippen LogP contribution in [0.4, 0.5) is 4.39 Å². The molecule has 4 rings (SSSR count). The Labute approximate surface area is 214 Å². The van der Waals surface area contributed by atoms with Crippen molar-refractivity contribution in [2.45, 2.75) is 39.8 Å². The molecule has 2 aliphatic heterocycles. The standard InChI is InChI=1S/C28H28FN3O3S/c1-5-12-35-27(34)25-19(4)31-28-32(26(25)23-11-6-17(2)13-18(23)3)22(16-36-28)14-24(33)30-15-20-7-9-21(29)10-8-20/h5-11,13,16,26H,1,12,14-15H2,2-4H3,(H,30,33)/t26-/m1/s1. The average Bonchev–Trinajstić information content (AvgIpc) is 3.23. The molecule has 2 aromatic rings. The molecular formula is C28H28FN3O3S. The van der Waals surface area contributed by atoms with Crippen LogP contribution in [0.3, 0.4) is 0 Å². The van der Waals surface area contributed by atoms with Crippen LogP contribution in [0.25, 0.3) is 0 Å². The van der Waals surface area contributed by atoms with Crippen LogP contribution >= 0.6 is 11.8 Å². The molecule has 0 fully saturated rings. The van der Waals surface area contributed by atoms with Crippen LogP contribution in [0, 0.1) is 19.7 Å². The van der Waals surface area contributed by atoms with Crippen molar-refractivity contribution in [2.24, 2.45) is 4.99 Å². The van der Waals surface area contributed by atoms with E-state index in [-0.39, 0.29) is 24.8 Å². The number of aryl methyl sites for hydroxylation is 2. The number of aliphatic imine (C=N–C) groups is 1. The molecule has 0 unspecified atom stereocenters. The Morgan fingerprint density at radius 3 is 2.64 bits per heavy atom. The van der Waals surface area contributed by atoms with Gasteiger partial charge in [-0.2, -0.15) is 0 Å². The second-order valence-corrected chi connectivity index (χ2v) is 9.56. The monoisotopic (exact) mass is 505 g/mol. The van der Waals surface area contributed by atoms with Crippen molar-refractivity contribution in [3.63, 3.8) is 0 Å². The molecule has 2 heterocycles. The molecule has 2 aliphatic rings. The molecule has 0 bridgehead atoms. The highest BCUT2D eigenvalue weighted by molar-refractivity contribution is 8.16. The predicted octanol–water partition coefficient (Wildman–Crippen LogP) is 5.45. The minimum absolute atomic E-state index is 0.0923. The Morgan fingerprint density at radius 2 is 1.94 bits per heavy atom. The van der Waals surface area contributed by atoms with Crippen molar-refractivity contribution in [2.75, 3.05) is 6.61 Å². The van der Waals surface area contributed by atoms with Crippen LogP contribution in [0.5, 0.6) is 0 Å². The molecule has 8 heteroatoms. The van der Waals surface area contributed by atoms with Gasteiger partial charge in [0.2, 0.25) is 5.91 Å². The molecule has 1 amide bonds. The molecule has 1 N–H and O–H groups in total. The maximum atomic E-state index is 13.2. The molecule has 1 atom stereocenters. The van der Waals surface area contributed by atoms with E-state index in [4.69, 9.17) is 4.74 Å². The topological polar surface area (TPSA) is 71.0 Å². The lowest BCUT2D eigenvalue weighted by Crippen LogP contribution is -2.38. The summed E-state index contributed by atoms with van der Waals surface area (Å²) >= 11 is 1.43. The van der Waals surface area contributed by atoms with Crippen LogP contribution in [0.2, 0.25) is 0 Å². The quantitative estimate of drug-likeness (QED) is 0.381. The van der Waals surface area contributed by atoms with Gasteiger partial charge in [-0.25, -0.2) is 14.2 Å². The fourth-order valence-corrected chi connectivity index (χ4v) is 5.26. The first-order valence-electron chi connectivity index (χ1n) is 11.6. The number of carbonyl (C=O) groups excluding carboxylic acids is 2. The van der Waals surface area contributed by atoms with E-state index >= 15 is 0 Å². The van der Waals surface area contributed by atoms with Gasteiger partial charge in [0.1, 0.15) is 12.4 Å². The molecule has 0 radical (unpaired) electrons. The van der Waals surface area contributed by atoms with Gasteiger partial charge in [0.25, 0.3) is 0 Å². The first kappa shape index (κ1) is 25.4. The SMILES string of the molecule is C=CCOC(=O)C1=C(C)N=C2SC=C(CC(=O)NCc3ccc(F)cc3)N2[C@@H]1c1ccc(C)cc1C. The number of amidine groups is 1. The van der Waals surface area contributed by atoms with E-state index in [1.807, 2.05) is 36.3 Å². The van der Waals surface area contributed by atoms with Gasteiger partial charge in [-0.3, -0.25) is 4.79 Å². The molecule has 186 valence electrons. The molecule has 0 aliphatic carbocycles. The largest absolute Gasteiger partial charge is 0.458 e. The number of carbonyl (C=O) groups is 2. The number of nitrogens with one attached hydrogen (secondary N) is 1. The van der Waals surface area contributed by atoms with Crippen molar-refractivity contribution in [1.82, 2.24) is 10.2 Å². The fourth-order valence-electron chi connectivity index (χ4n) is 4.30. The Bertz CT molecular complexity index is 1300. The van der Waals surface area contributed by atoms with Crippen LogP contribution in [0.1, 0.15) is 41.6 Å². The van der Waals surface area contributed by atoms with Gasteiger partial charge < -0.3 is 15.0 Å². The smallest absolute Gasteiger partial charge is 0.338 e. The summed E-state index contributed by atoms with van der Waals surface area (Å²) in [5.41, 5.74) is 5.65. The number of allylic oxidation sites excluding steroid dienone is 1. The summed E-state index contributed by atoms with van der Waals surface area (Å²) in [6, 6.07) is 11.6. The number of amides is 1. The van der Waals surface area contributed by atoms with Gasteiger partial charge in [0, 0.05) is 12.2 Å². The summed E-state index contributed by atoms with van der Waals surface area (Å²) < 4.78 is 18.6. The summed E-state index contributed by atoms with van der Waals surface area (Å²) in [4.78, 5) is 32.7. The molecule has 0 spiro atoms. The van der Waals surface area contributed by atoms with Crippen molar-refractivity contribution in [3.05, 3.63) is 106 Å². The third kappa shape index (κ3) is 5.44. The van der Waals surface area contributed by atoms with Crippen molar-refractivity contribution in [1.29, 1.82) is 0 Å². The van der Waals surface area contributed by atoms with E-state index in [1.165, 1.54) is 30.0 Å². The molecule has 0 saturated carbocycles. The summed E-state index contributed by atoms with van der Waals surface area (Å²) in [6.45, 7) is 9.85. The average molecular weight is 506 g/mol. The maximum absolute atomic E-state index is 13.2. The number of ether oxygens (including phenoxy) is 1. The zero-order valence-corrected chi connectivity index (χ0v) is 21.3. The second kappa shape index (κ2) is 11.0. The van der Waals surface area contributed by atoms with E-state index in [0.29, 0.717) is 23.0 Å². The number of halogens is 1. The molecule has 6 nitrogen and oxygen atoms in total. The summed E-state index contributed by atoms with van der Waals surface area (Å²) in [7, 11) is 0. The predicted molar refractivity (Wildman–Crippen MR) is 140 cm³/mol. The Balaban J connectivity index is 1.62. The summed E-state index contributed by atoms with van der Waals surface area (Å²) in [6.07, 6.45) is 1.63. The van der Waals surface area contributed by atoms with Gasteiger partial charge in [0.15, 0.2) is 5.17 Å².